The Morgan fingerprint density at radius 3 is 2.25 bits per heavy atom. The van der Waals surface area contributed by atoms with Crippen molar-refractivity contribution in [3.63, 3.8) is 0 Å². The van der Waals surface area contributed by atoms with Crippen molar-refractivity contribution in [2.24, 2.45) is 0 Å². The topological polar surface area (TPSA) is 17.1 Å². The van der Waals surface area contributed by atoms with Gasteiger partial charge in [0.15, 0.2) is 0 Å². The summed E-state index contributed by atoms with van der Waals surface area (Å²) in [5.74, 6) is 0. The fourth-order valence-corrected chi connectivity index (χ4v) is 0.620. The number of carbonyl (C=O) groups excluding carboxylic acids is 1. The summed E-state index contributed by atoms with van der Waals surface area (Å²) in [6.45, 7) is 0. The molecule has 0 aliphatic carbocycles. The van der Waals surface area contributed by atoms with E-state index in [9.17, 15) is 4.79 Å². The van der Waals surface area contributed by atoms with E-state index in [1.807, 2.05) is 0 Å². The van der Waals surface area contributed by atoms with E-state index in [0.717, 1.165) is 11.8 Å². The summed E-state index contributed by atoms with van der Waals surface area (Å²) in [6, 6.07) is 0. The Balaban J connectivity index is 0. The van der Waals surface area contributed by atoms with Gasteiger partial charge in [-0.1, -0.05) is 15.9 Å². The number of alkyl halides is 1. The van der Waals surface area contributed by atoms with Crippen molar-refractivity contribution in [1.29, 1.82) is 0 Å². The normalized spacial score (nSPS) is 7.75. The standard InChI is InChI=1S/C4H6BrClO.ClH/c5-3-1-2-4(6)7;/h1-3H2;1H. The van der Waals surface area contributed by atoms with E-state index in [-0.39, 0.29) is 17.6 Å². The van der Waals surface area contributed by atoms with Crippen molar-refractivity contribution >= 4 is 45.2 Å². The summed E-state index contributed by atoms with van der Waals surface area (Å²) in [7, 11) is 0. The highest BCUT2D eigenvalue weighted by molar-refractivity contribution is 9.09. The van der Waals surface area contributed by atoms with Gasteiger partial charge in [0.2, 0.25) is 5.24 Å². The SMILES string of the molecule is Cl.O=C(Cl)CCCBr. The molecule has 0 spiro atoms. The van der Waals surface area contributed by atoms with Crippen LogP contribution in [0.4, 0.5) is 0 Å². The molecule has 0 aromatic rings. The highest BCUT2D eigenvalue weighted by atomic mass is 79.9. The van der Waals surface area contributed by atoms with Crippen LogP contribution in [0, 0.1) is 0 Å². The van der Waals surface area contributed by atoms with Gasteiger partial charge in [0.1, 0.15) is 0 Å². The Bertz CT molecular complexity index is 67.1. The summed E-state index contributed by atoms with van der Waals surface area (Å²) in [6.07, 6.45) is 1.31. The molecule has 0 radical (unpaired) electrons. The average molecular weight is 222 g/mol. The van der Waals surface area contributed by atoms with Crippen LogP contribution in [-0.4, -0.2) is 10.6 Å². The van der Waals surface area contributed by atoms with Gasteiger partial charge >= 0.3 is 0 Å². The van der Waals surface area contributed by atoms with Gasteiger partial charge in [0.25, 0.3) is 0 Å². The van der Waals surface area contributed by atoms with Crippen LogP contribution in [-0.2, 0) is 4.79 Å². The molecule has 0 saturated carbocycles. The van der Waals surface area contributed by atoms with Crippen molar-refractivity contribution in [3.05, 3.63) is 0 Å². The zero-order valence-corrected chi connectivity index (χ0v) is 7.35. The lowest BCUT2D eigenvalue weighted by Gasteiger charge is -1.83. The van der Waals surface area contributed by atoms with E-state index < -0.39 is 0 Å². The fourth-order valence-electron chi connectivity index (χ4n) is 0.206. The smallest absolute Gasteiger partial charge is 0.221 e. The predicted molar refractivity (Wildman–Crippen MR) is 41.1 cm³/mol. The number of rotatable bonds is 3. The molecule has 1 nitrogen and oxygen atoms in total. The van der Waals surface area contributed by atoms with Gasteiger partial charge in [-0.05, 0) is 18.0 Å². The lowest BCUT2D eigenvalue weighted by atomic mass is 10.4. The number of halogens is 3. The predicted octanol–water partition coefficient (Wildman–Crippen LogP) is 2.35. The van der Waals surface area contributed by atoms with Gasteiger partial charge in [0, 0.05) is 11.8 Å². The molecule has 0 aromatic carbocycles. The first kappa shape index (κ1) is 11.5. The summed E-state index contributed by atoms with van der Waals surface area (Å²) < 4.78 is 0. The molecule has 0 saturated heterocycles. The molecule has 50 valence electrons. The van der Waals surface area contributed by atoms with Crippen LogP contribution < -0.4 is 0 Å². The van der Waals surface area contributed by atoms with E-state index >= 15 is 0 Å². The van der Waals surface area contributed by atoms with Crippen molar-refractivity contribution < 1.29 is 4.79 Å². The Morgan fingerprint density at radius 2 is 2.12 bits per heavy atom. The van der Waals surface area contributed by atoms with Gasteiger partial charge < -0.3 is 0 Å². The lowest BCUT2D eigenvalue weighted by molar-refractivity contribution is -0.111. The number of hydrogen-bond acceptors (Lipinski definition) is 1. The van der Waals surface area contributed by atoms with Crippen molar-refractivity contribution in [3.8, 4) is 0 Å². The first-order chi connectivity index (χ1) is 3.27. The first-order valence-electron chi connectivity index (χ1n) is 2.01. The minimum atomic E-state index is -0.251. The summed E-state index contributed by atoms with van der Waals surface area (Å²) >= 11 is 8.16. The molecule has 0 N–H and O–H groups in total. The molecular formula is C4H7BrCl2O. The minimum absolute atomic E-state index is 0. The molecule has 0 unspecified atom stereocenters. The fraction of sp³-hybridized carbons (Fsp3) is 0.750. The monoisotopic (exact) mass is 220 g/mol. The molecule has 0 aromatic heterocycles. The molecule has 0 bridgehead atoms. The largest absolute Gasteiger partial charge is 0.281 e. The van der Waals surface area contributed by atoms with E-state index in [4.69, 9.17) is 11.6 Å². The van der Waals surface area contributed by atoms with E-state index in [2.05, 4.69) is 15.9 Å². The van der Waals surface area contributed by atoms with Crippen LogP contribution in [0.3, 0.4) is 0 Å². The second-order valence-corrected chi connectivity index (χ2v) is 2.36. The molecule has 0 fully saturated rings. The highest BCUT2D eigenvalue weighted by Crippen LogP contribution is 1.96. The van der Waals surface area contributed by atoms with Crippen LogP contribution in [0.25, 0.3) is 0 Å². The molecular weight excluding hydrogens is 215 g/mol. The second-order valence-electron chi connectivity index (χ2n) is 1.15. The van der Waals surface area contributed by atoms with Gasteiger partial charge in [-0.25, -0.2) is 0 Å². The molecule has 0 aliphatic heterocycles. The third kappa shape index (κ3) is 9.88. The molecule has 0 aliphatic rings. The Hall–Kier alpha value is 0.730. The van der Waals surface area contributed by atoms with E-state index in [0.29, 0.717) is 6.42 Å². The van der Waals surface area contributed by atoms with Crippen molar-refractivity contribution in [1.82, 2.24) is 0 Å². The maximum absolute atomic E-state index is 9.95. The number of carbonyl (C=O) groups is 1. The number of hydrogen-bond donors (Lipinski definition) is 0. The third-order valence-corrected chi connectivity index (χ3v) is 1.26. The van der Waals surface area contributed by atoms with Crippen LogP contribution in [0.15, 0.2) is 0 Å². The third-order valence-electron chi connectivity index (χ3n) is 0.507. The summed E-state index contributed by atoms with van der Waals surface area (Å²) in [4.78, 5) is 9.95. The van der Waals surface area contributed by atoms with Crippen LogP contribution in [0.5, 0.6) is 0 Å². The molecule has 0 rings (SSSR count). The first-order valence-corrected chi connectivity index (χ1v) is 3.51. The van der Waals surface area contributed by atoms with Crippen LogP contribution >= 0.6 is 39.9 Å². The Kier molecular flexibility index (Phi) is 11.1. The molecule has 0 atom stereocenters. The summed E-state index contributed by atoms with van der Waals surface area (Å²) in [5, 5.41) is 0.602. The Morgan fingerprint density at radius 1 is 1.62 bits per heavy atom. The van der Waals surface area contributed by atoms with Crippen LogP contribution in [0.1, 0.15) is 12.8 Å². The van der Waals surface area contributed by atoms with Crippen molar-refractivity contribution in [2.45, 2.75) is 12.8 Å². The quantitative estimate of drug-likeness (QED) is 0.529. The molecule has 8 heavy (non-hydrogen) atoms. The molecule has 4 heteroatoms. The van der Waals surface area contributed by atoms with Crippen LogP contribution in [0.2, 0.25) is 0 Å². The lowest BCUT2D eigenvalue weighted by Crippen LogP contribution is -1.84. The second kappa shape index (κ2) is 7.73. The maximum Gasteiger partial charge on any atom is 0.221 e. The van der Waals surface area contributed by atoms with Gasteiger partial charge in [0.05, 0.1) is 0 Å². The minimum Gasteiger partial charge on any atom is -0.281 e. The average Bonchev–Trinajstić information content (AvgIpc) is 1.61. The summed E-state index contributed by atoms with van der Waals surface area (Å²) in [5.41, 5.74) is 0. The molecule has 0 amide bonds. The zero-order chi connectivity index (χ0) is 5.70. The van der Waals surface area contributed by atoms with Crippen molar-refractivity contribution in [2.75, 3.05) is 5.33 Å². The molecule has 0 heterocycles. The Labute approximate surface area is 68.3 Å². The van der Waals surface area contributed by atoms with E-state index in [1.54, 1.807) is 0 Å². The van der Waals surface area contributed by atoms with Gasteiger partial charge in [-0.3, -0.25) is 4.79 Å². The highest BCUT2D eigenvalue weighted by Gasteiger charge is 1.91. The maximum atomic E-state index is 9.95. The zero-order valence-electron chi connectivity index (χ0n) is 4.19. The van der Waals surface area contributed by atoms with Gasteiger partial charge in [-0.2, -0.15) is 0 Å². The van der Waals surface area contributed by atoms with Gasteiger partial charge in [-0.15, -0.1) is 12.4 Å². The van der Waals surface area contributed by atoms with E-state index in [1.165, 1.54) is 0 Å².